The quantitative estimate of drug-likeness (QED) is 0.255. The topological polar surface area (TPSA) is 108 Å². The van der Waals surface area contributed by atoms with Crippen LogP contribution in [0.1, 0.15) is 101 Å². The molecule has 0 amide bonds. The fourth-order valence-electron chi connectivity index (χ4n) is 10.5. The number of hydrogen-bond donors (Lipinski definition) is 1. The lowest BCUT2D eigenvalue weighted by atomic mass is 9.39. The van der Waals surface area contributed by atoms with Gasteiger partial charge in [-0.1, -0.05) is 44.1 Å². The lowest BCUT2D eigenvalue weighted by Gasteiger charge is -2.66. The molecule has 11 unspecified atom stereocenters. The number of cyclic esters (lactones) is 1. The molecule has 11 atom stereocenters. The molecule has 2 saturated carbocycles. The molecule has 1 N–H and O–H groups in total. The van der Waals surface area contributed by atoms with E-state index in [9.17, 15) is 19.5 Å². The Morgan fingerprint density at radius 1 is 1.00 bits per heavy atom. The van der Waals surface area contributed by atoms with E-state index in [1.54, 1.807) is 0 Å². The number of fused-ring (bicyclic) bond motifs is 5. The van der Waals surface area contributed by atoms with Crippen LogP contribution in [0.2, 0.25) is 0 Å². The molecule has 0 aromatic heterocycles. The van der Waals surface area contributed by atoms with Crippen LogP contribution in [0.4, 0.5) is 0 Å². The van der Waals surface area contributed by atoms with Crippen LogP contribution in [0.5, 0.6) is 0 Å². The van der Waals surface area contributed by atoms with Gasteiger partial charge in [-0.2, -0.15) is 0 Å². The molecule has 0 spiro atoms. The maximum absolute atomic E-state index is 13.0. The Balaban J connectivity index is 1.54. The van der Waals surface area contributed by atoms with E-state index in [1.807, 2.05) is 27.7 Å². The molecule has 0 radical (unpaired) electrons. The first-order valence-electron chi connectivity index (χ1n) is 15.7. The predicted octanol–water partition coefficient (Wildman–Crippen LogP) is 5.66. The van der Waals surface area contributed by atoms with Crippen LogP contribution < -0.4 is 0 Å². The first-order chi connectivity index (χ1) is 19.4. The Morgan fingerprint density at radius 2 is 1.67 bits per heavy atom. The van der Waals surface area contributed by atoms with Crippen LogP contribution in [0.3, 0.4) is 0 Å². The first-order valence-corrected chi connectivity index (χ1v) is 15.7. The molecule has 234 valence electrons. The zero-order valence-corrected chi connectivity index (χ0v) is 26.8. The monoisotopic (exact) mass is 586 g/mol. The standard InChI is InChI=1S/C34H50O8/c1-18(2)14-21-15-22(30(41-21)40-20(4)36)23-10-11-24-32(23,7)13-12-25-33(24,8)27(37)16-26-31(5,6)42-29(38)17-28(34(25,26)9)39-19(3)35/h11,14,21-23,25-28,30,37H,10,12-13,15-17H2,1-9H3. The molecule has 42 heavy (non-hydrogen) atoms. The molecule has 5 rings (SSSR count). The Labute approximate surface area is 250 Å². The number of ether oxygens (including phenoxy) is 4. The van der Waals surface area contributed by atoms with Gasteiger partial charge in [-0.15, -0.1) is 0 Å². The summed E-state index contributed by atoms with van der Waals surface area (Å²) in [5, 5.41) is 12.1. The normalized spacial score (nSPS) is 45.8. The molecular formula is C34H50O8. The second kappa shape index (κ2) is 10.5. The van der Waals surface area contributed by atoms with Gasteiger partial charge in [-0.25, -0.2) is 0 Å². The highest BCUT2D eigenvalue weighted by Crippen LogP contribution is 2.72. The van der Waals surface area contributed by atoms with Gasteiger partial charge in [0.15, 0.2) is 0 Å². The number of esters is 3. The minimum absolute atomic E-state index is 0.00680. The van der Waals surface area contributed by atoms with E-state index in [2.05, 4.69) is 32.9 Å². The number of allylic oxidation sites excluding steroid dienone is 2. The van der Waals surface area contributed by atoms with Gasteiger partial charge in [0.25, 0.3) is 0 Å². The van der Waals surface area contributed by atoms with Crippen molar-refractivity contribution < 1.29 is 38.4 Å². The smallest absolute Gasteiger partial charge is 0.310 e. The second-order valence-corrected chi connectivity index (χ2v) is 15.1. The molecule has 8 heteroatoms. The van der Waals surface area contributed by atoms with Gasteiger partial charge in [0.2, 0.25) is 6.29 Å². The molecular weight excluding hydrogens is 536 g/mol. The molecule has 2 heterocycles. The van der Waals surface area contributed by atoms with Crippen LogP contribution >= 0.6 is 0 Å². The third-order valence-corrected chi connectivity index (χ3v) is 12.0. The molecule has 3 aliphatic carbocycles. The van der Waals surface area contributed by atoms with E-state index >= 15 is 0 Å². The Kier molecular flexibility index (Phi) is 7.78. The SMILES string of the molecule is CC(=O)OC1OC(C=C(C)C)CC1C1CC=C2C1(C)CCC1C2(C)C(O)CC2C(C)(C)OC(=O)CC(OC(C)=O)C21C. The summed E-state index contributed by atoms with van der Waals surface area (Å²) in [6, 6.07) is 0. The summed E-state index contributed by atoms with van der Waals surface area (Å²) in [6.45, 7) is 17.4. The van der Waals surface area contributed by atoms with Crippen molar-refractivity contribution in [1.82, 2.24) is 0 Å². The lowest BCUT2D eigenvalue weighted by molar-refractivity contribution is -0.221. The highest BCUT2D eigenvalue weighted by Gasteiger charge is 2.71. The third kappa shape index (κ3) is 4.75. The molecule has 8 nitrogen and oxygen atoms in total. The van der Waals surface area contributed by atoms with Gasteiger partial charge >= 0.3 is 17.9 Å². The number of carbonyl (C=O) groups excluding carboxylic acids is 3. The number of hydrogen-bond acceptors (Lipinski definition) is 8. The minimum Gasteiger partial charge on any atom is -0.461 e. The highest BCUT2D eigenvalue weighted by atomic mass is 16.7. The molecule has 5 aliphatic rings. The zero-order valence-electron chi connectivity index (χ0n) is 26.8. The maximum Gasteiger partial charge on any atom is 0.310 e. The molecule has 0 bridgehead atoms. The van der Waals surface area contributed by atoms with Gasteiger partial charge in [-0.05, 0) is 77.0 Å². The number of aliphatic hydroxyl groups excluding tert-OH is 1. The molecule has 4 fully saturated rings. The van der Waals surface area contributed by atoms with Crippen LogP contribution in [0.25, 0.3) is 0 Å². The summed E-state index contributed by atoms with van der Waals surface area (Å²) in [5.74, 6) is -1.17. The van der Waals surface area contributed by atoms with Crippen LogP contribution in [0, 0.1) is 39.9 Å². The first kappa shape index (κ1) is 31.2. The number of aliphatic hydroxyl groups is 1. The van der Waals surface area contributed by atoms with Crippen molar-refractivity contribution in [2.75, 3.05) is 0 Å². The summed E-state index contributed by atoms with van der Waals surface area (Å²) in [5.41, 5.74) is 0.160. The zero-order chi connectivity index (χ0) is 31.0. The second-order valence-electron chi connectivity index (χ2n) is 15.1. The summed E-state index contributed by atoms with van der Waals surface area (Å²) < 4.78 is 24.0. The third-order valence-electron chi connectivity index (χ3n) is 12.0. The van der Waals surface area contributed by atoms with E-state index in [4.69, 9.17) is 18.9 Å². The van der Waals surface area contributed by atoms with Crippen LogP contribution in [0.15, 0.2) is 23.3 Å². The van der Waals surface area contributed by atoms with E-state index in [1.165, 1.54) is 19.4 Å². The fraction of sp³-hybridized carbons (Fsp3) is 0.794. The minimum atomic E-state index is -0.825. The molecule has 2 saturated heterocycles. The summed E-state index contributed by atoms with van der Waals surface area (Å²) in [4.78, 5) is 37.4. The number of rotatable bonds is 4. The maximum atomic E-state index is 13.0. The van der Waals surface area contributed by atoms with Gasteiger partial charge in [0.1, 0.15) is 11.7 Å². The van der Waals surface area contributed by atoms with Crippen molar-refractivity contribution in [3.05, 3.63) is 23.3 Å². The van der Waals surface area contributed by atoms with Crippen molar-refractivity contribution in [3.8, 4) is 0 Å². The molecule has 0 aromatic carbocycles. The lowest BCUT2D eigenvalue weighted by Crippen LogP contribution is -2.66. The summed E-state index contributed by atoms with van der Waals surface area (Å²) in [7, 11) is 0. The fourth-order valence-corrected chi connectivity index (χ4v) is 10.5. The van der Waals surface area contributed by atoms with Gasteiger partial charge in [-0.3, -0.25) is 14.4 Å². The largest absolute Gasteiger partial charge is 0.461 e. The van der Waals surface area contributed by atoms with Crippen molar-refractivity contribution in [2.45, 2.75) is 131 Å². The van der Waals surface area contributed by atoms with Crippen molar-refractivity contribution in [2.24, 2.45) is 39.9 Å². The molecule has 2 aliphatic heterocycles. The average Bonchev–Trinajstić information content (AvgIpc) is 3.37. The van der Waals surface area contributed by atoms with E-state index < -0.39 is 40.9 Å². The van der Waals surface area contributed by atoms with Crippen LogP contribution in [-0.4, -0.2) is 53.2 Å². The Hall–Kier alpha value is -2.19. The van der Waals surface area contributed by atoms with Gasteiger partial charge in [0, 0.05) is 36.5 Å². The molecule has 0 aromatic rings. The van der Waals surface area contributed by atoms with Gasteiger partial charge in [0.05, 0.1) is 18.6 Å². The highest BCUT2D eigenvalue weighted by molar-refractivity contribution is 5.73. The van der Waals surface area contributed by atoms with Crippen molar-refractivity contribution in [3.63, 3.8) is 0 Å². The van der Waals surface area contributed by atoms with E-state index in [0.717, 1.165) is 31.3 Å². The Bertz CT molecular complexity index is 1200. The van der Waals surface area contributed by atoms with Crippen molar-refractivity contribution >= 4 is 17.9 Å². The number of carbonyl (C=O) groups is 3. The Morgan fingerprint density at radius 3 is 2.29 bits per heavy atom. The van der Waals surface area contributed by atoms with E-state index in [-0.39, 0.29) is 53.6 Å². The van der Waals surface area contributed by atoms with E-state index in [0.29, 0.717) is 6.42 Å². The van der Waals surface area contributed by atoms with Crippen molar-refractivity contribution in [1.29, 1.82) is 0 Å². The summed E-state index contributed by atoms with van der Waals surface area (Å²) >= 11 is 0. The predicted molar refractivity (Wildman–Crippen MR) is 156 cm³/mol. The average molecular weight is 587 g/mol. The van der Waals surface area contributed by atoms with Gasteiger partial charge < -0.3 is 24.1 Å². The van der Waals surface area contributed by atoms with Crippen LogP contribution in [-0.2, 0) is 33.3 Å². The summed E-state index contributed by atoms with van der Waals surface area (Å²) in [6.07, 6.45) is 6.11.